The molecule has 0 unspecified atom stereocenters. The highest BCUT2D eigenvalue weighted by atomic mass is 32.2. The minimum atomic E-state index is -3.25. The largest absolute Gasteiger partial charge is 0.218 e. The number of nitriles is 1. The highest BCUT2D eigenvalue weighted by Gasteiger charge is 2.17. The third kappa shape index (κ3) is 4.13. The van der Waals surface area contributed by atoms with Gasteiger partial charge in [0.2, 0.25) is 10.0 Å². The molecule has 0 N–H and O–H groups in total. The summed E-state index contributed by atoms with van der Waals surface area (Å²) in [7, 11) is -1.65. The molecule has 0 fully saturated rings. The molecular weight excluding hydrogens is 248 g/mol. The summed E-state index contributed by atoms with van der Waals surface area (Å²) in [5.74, 6) is -0.0150. The molecule has 5 heteroatoms. The van der Waals surface area contributed by atoms with Crippen LogP contribution in [0, 0.1) is 11.3 Å². The van der Waals surface area contributed by atoms with Gasteiger partial charge in [-0.05, 0) is 24.1 Å². The van der Waals surface area contributed by atoms with E-state index in [2.05, 4.69) is 0 Å². The molecule has 0 heterocycles. The molecule has 0 spiro atoms. The fraction of sp³-hybridized carbons (Fsp3) is 0.462. The maximum atomic E-state index is 12.0. The van der Waals surface area contributed by atoms with Gasteiger partial charge in [0.15, 0.2) is 0 Å². The van der Waals surface area contributed by atoms with Crippen LogP contribution in [0.1, 0.15) is 30.9 Å². The zero-order valence-electron chi connectivity index (χ0n) is 10.8. The first-order chi connectivity index (χ1) is 8.49. The summed E-state index contributed by atoms with van der Waals surface area (Å²) in [6.45, 7) is 2.58. The van der Waals surface area contributed by atoms with Crippen LogP contribution in [0.3, 0.4) is 0 Å². The molecule has 0 amide bonds. The molecule has 0 aliphatic heterocycles. The number of benzene rings is 1. The number of sulfonamides is 1. The lowest BCUT2D eigenvalue weighted by molar-refractivity contribution is 0.458. The molecule has 0 bridgehead atoms. The maximum absolute atomic E-state index is 12.0. The SMILES string of the molecule is CCCCN(C)S(=O)(=O)Cc1ccc(C#N)cc1. The Hall–Kier alpha value is -1.38. The van der Waals surface area contributed by atoms with E-state index in [1.54, 1.807) is 31.3 Å². The molecule has 0 radical (unpaired) electrons. The highest BCUT2D eigenvalue weighted by molar-refractivity contribution is 7.88. The molecule has 98 valence electrons. The first kappa shape index (κ1) is 14.7. The zero-order chi connectivity index (χ0) is 13.6. The Labute approximate surface area is 109 Å². The van der Waals surface area contributed by atoms with Crippen LogP contribution in [-0.2, 0) is 15.8 Å². The Kier molecular flexibility index (Phi) is 5.32. The Bertz CT molecular complexity index is 515. The van der Waals surface area contributed by atoms with Gasteiger partial charge in [-0.3, -0.25) is 0 Å². The van der Waals surface area contributed by atoms with Crippen LogP contribution in [0.5, 0.6) is 0 Å². The molecule has 0 atom stereocenters. The molecule has 0 saturated carbocycles. The average molecular weight is 266 g/mol. The van der Waals surface area contributed by atoms with Crippen LogP contribution in [0.15, 0.2) is 24.3 Å². The van der Waals surface area contributed by atoms with E-state index in [1.807, 2.05) is 13.0 Å². The Balaban J connectivity index is 2.73. The van der Waals surface area contributed by atoms with Crippen LogP contribution >= 0.6 is 0 Å². The van der Waals surface area contributed by atoms with Crippen LogP contribution in [0.25, 0.3) is 0 Å². The van der Waals surface area contributed by atoms with Crippen molar-refractivity contribution in [2.75, 3.05) is 13.6 Å². The Morgan fingerprint density at radius 1 is 1.28 bits per heavy atom. The fourth-order valence-corrected chi connectivity index (χ4v) is 2.76. The van der Waals surface area contributed by atoms with E-state index in [9.17, 15) is 8.42 Å². The van der Waals surface area contributed by atoms with E-state index in [1.165, 1.54) is 4.31 Å². The fourth-order valence-electron chi connectivity index (χ4n) is 1.52. The van der Waals surface area contributed by atoms with Crippen molar-refractivity contribution >= 4 is 10.0 Å². The third-order valence-corrected chi connectivity index (χ3v) is 4.56. The lowest BCUT2D eigenvalue weighted by Crippen LogP contribution is -2.29. The van der Waals surface area contributed by atoms with Crippen LogP contribution in [-0.4, -0.2) is 26.3 Å². The Morgan fingerprint density at radius 3 is 2.39 bits per heavy atom. The lowest BCUT2D eigenvalue weighted by Gasteiger charge is -2.16. The topological polar surface area (TPSA) is 61.2 Å². The number of unbranched alkanes of at least 4 members (excludes halogenated alkanes) is 1. The lowest BCUT2D eigenvalue weighted by atomic mass is 10.2. The first-order valence-electron chi connectivity index (χ1n) is 5.92. The van der Waals surface area contributed by atoms with Crippen LogP contribution in [0.4, 0.5) is 0 Å². The van der Waals surface area contributed by atoms with E-state index in [0.717, 1.165) is 12.8 Å². The summed E-state index contributed by atoms with van der Waals surface area (Å²) in [6.07, 6.45) is 1.83. The second-order valence-electron chi connectivity index (χ2n) is 4.24. The smallest absolute Gasteiger partial charge is 0.212 e. The minimum Gasteiger partial charge on any atom is -0.212 e. The molecule has 1 rings (SSSR count). The summed E-state index contributed by atoms with van der Waals surface area (Å²) in [5, 5.41) is 8.67. The quantitative estimate of drug-likeness (QED) is 0.792. The van der Waals surface area contributed by atoms with Crippen molar-refractivity contribution in [3.63, 3.8) is 0 Å². The summed E-state index contributed by atoms with van der Waals surface area (Å²) in [5.41, 5.74) is 1.24. The van der Waals surface area contributed by atoms with Crippen molar-refractivity contribution in [3.8, 4) is 6.07 Å². The second kappa shape index (κ2) is 6.53. The average Bonchev–Trinajstić information content (AvgIpc) is 2.36. The van der Waals surface area contributed by atoms with Gasteiger partial charge in [-0.25, -0.2) is 12.7 Å². The van der Waals surface area contributed by atoms with Gasteiger partial charge in [-0.15, -0.1) is 0 Å². The van der Waals surface area contributed by atoms with Crippen LogP contribution < -0.4 is 0 Å². The third-order valence-electron chi connectivity index (χ3n) is 2.73. The molecule has 4 nitrogen and oxygen atoms in total. The predicted octanol–water partition coefficient (Wildman–Crippen LogP) is 2.12. The number of hydrogen-bond donors (Lipinski definition) is 0. The highest BCUT2D eigenvalue weighted by Crippen LogP contribution is 2.11. The van der Waals surface area contributed by atoms with Crippen molar-refractivity contribution in [3.05, 3.63) is 35.4 Å². The van der Waals surface area contributed by atoms with Crippen molar-refractivity contribution < 1.29 is 8.42 Å². The van der Waals surface area contributed by atoms with Gasteiger partial charge in [0.05, 0.1) is 17.4 Å². The van der Waals surface area contributed by atoms with Gasteiger partial charge < -0.3 is 0 Å². The standard InChI is InChI=1S/C13H18N2O2S/c1-3-4-9-15(2)18(16,17)11-13-7-5-12(10-14)6-8-13/h5-8H,3-4,9,11H2,1-2H3. The van der Waals surface area contributed by atoms with E-state index in [-0.39, 0.29) is 5.75 Å². The Morgan fingerprint density at radius 2 is 1.89 bits per heavy atom. The van der Waals surface area contributed by atoms with Gasteiger partial charge in [0.1, 0.15) is 0 Å². The number of rotatable bonds is 6. The summed E-state index contributed by atoms with van der Waals surface area (Å²) in [4.78, 5) is 0. The molecule has 0 saturated heterocycles. The van der Waals surface area contributed by atoms with Crippen molar-refractivity contribution in [1.29, 1.82) is 5.26 Å². The van der Waals surface area contributed by atoms with Crippen molar-refractivity contribution in [2.24, 2.45) is 0 Å². The van der Waals surface area contributed by atoms with Gasteiger partial charge in [0, 0.05) is 13.6 Å². The zero-order valence-corrected chi connectivity index (χ0v) is 11.6. The molecule has 18 heavy (non-hydrogen) atoms. The van der Waals surface area contributed by atoms with E-state index < -0.39 is 10.0 Å². The van der Waals surface area contributed by atoms with E-state index in [4.69, 9.17) is 5.26 Å². The normalized spacial score (nSPS) is 11.4. The van der Waals surface area contributed by atoms with E-state index >= 15 is 0 Å². The maximum Gasteiger partial charge on any atom is 0.218 e. The molecular formula is C13H18N2O2S. The monoisotopic (exact) mass is 266 g/mol. The molecule has 1 aromatic carbocycles. The van der Waals surface area contributed by atoms with Crippen LogP contribution in [0.2, 0.25) is 0 Å². The summed E-state index contributed by atoms with van der Waals surface area (Å²) < 4.78 is 25.4. The van der Waals surface area contributed by atoms with E-state index in [0.29, 0.717) is 17.7 Å². The molecule has 1 aromatic rings. The van der Waals surface area contributed by atoms with Gasteiger partial charge in [-0.1, -0.05) is 25.5 Å². The summed E-state index contributed by atoms with van der Waals surface area (Å²) in [6, 6.07) is 8.65. The van der Waals surface area contributed by atoms with Gasteiger partial charge in [0.25, 0.3) is 0 Å². The number of hydrogen-bond acceptors (Lipinski definition) is 3. The summed E-state index contributed by atoms with van der Waals surface area (Å²) >= 11 is 0. The van der Waals surface area contributed by atoms with Gasteiger partial charge >= 0.3 is 0 Å². The van der Waals surface area contributed by atoms with Crippen molar-refractivity contribution in [1.82, 2.24) is 4.31 Å². The van der Waals surface area contributed by atoms with Crippen molar-refractivity contribution in [2.45, 2.75) is 25.5 Å². The molecule has 0 aliphatic rings. The predicted molar refractivity (Wildman–Crippen MR) is 71.3 cm³/mol. The molecule has 0 aliphatic carbocycles. The van der Waals surface area contributed by atoms with Gasteiger partial charge in [-0.2, -0.15) is 5.26 Å². The molecule has 0 aromatic heterocycles. The number of nitrogens with zero attached hydrogens (tertiary/aromatic N) is 2. The first-order valence-corrected chi connectivity index (χ1v) is 7.53. The minimum absolute atomic E-state index is 0.0150. The second-order valence-corrected chi connectivity index (χ2v) is 6.32.